The lowest BCUT2D eigenvalue weighted by atomic mass is 10.0. The lowest BCUT2D eigenvalue weighted by Gasteiger charge is -2.39. The molecule has 0 heterocycles. The lowest BCUT2D eigenvalue weighted by Crippen LogP contribution is -2.74. The van der Waals surface area contributed by atoms with E-state index < -0.39 is 8.07 Å². The second-order valence-corrected chi connectivity index (χ2v) is 27.5. The normalized spacial score (nSPS) is 11.4. The largest absolute Gasteiger partial charge is 0.310 e. The van der Waals surface area contributed by atoms with Crippen molar-refractivity contribution in [2.75, 3.05) is 19.6 Å². The summed E-state index contributed by atoms with van der Waals surface area (Å²) in [5, 5.41) is 14.2. The van der Waals surface area contributed by atoms with Crippen LogP contribution in [0.3, 0.4) is 0 Å². The Morgan fingerprint density at radius 3 is 0.796 bits per heavy atom. The fourth-order valence-corrected chi connectivity index (χ4v) is 18.9. The average Bonchev–Trinajstić information content (AvgIpc) is 0.728. The molecule has 0 spiro atoms. The minimum atomic E-state index is -3.73. The van der Waals surface area contributed by atoms with Gasteiger partial charge in [0.1, 0.15) is 0 Å². The molecular formula is C88H64N4Si. The summed E-state index contributed by atoms with van der Waals surface area (Å²) in [5.41, 5.74) is 12.6. The van der Waals surface area contributed by atoms with Crippen molar-refractivity contribution >= 4 is 140 Å². The molecule has 0 atom stereocenters. The number of nitrogens with zero attached hydrogens (tertiary/aromatic N) is 4. The number of hydrogen-bond acceptors (Lipinski definition) is 4. The van der Waals surface area contributed by atoms with Crippen LogP contribution in [0.15, 0.2) is 388 Å². The third-order valence-electron chi connectivity index (χ3n) is 18.2. The first-order valence-corrected chi connectivity index (χ1v) is 33.9. The summed E-state index contributed by atoms with van der Waals surface area (Å²) in [6.07, 6.45) is 0. The minimum Gasteiger partial charge on any atom is -0.310 e. The van der Waals surface area contributed by atoms with Gasteiger partial charge in [-0.25, -0.2) is 0 Å². The maximum atomic E-state index is 2.54. The Hall–Kier alpha value is -12.0. The molecule has 16 aromatic carbocycles. The van der Waals surface area contributed by atoms with Crippen molar-refractivity contribution in [2.45, 2.75) is 0 Å². The standard InChI is InChI=1S/C88H64N4Si/c1-7-38-70(39-8-1)89(74-57-56-65-30-19-20-34-69(65)58-74)75-59-76(90(71-40-9-2-10-41-71)86-53-27-35-66-31-21-24-50-83(66)86)62-81(61-75)93(79-46-15-5-16-47-79,80-48-17-6-18-49-80)82-63-77(91(72-42-11-3-12-43-72)87-54-28-36-67-32-22-25-51-84(67)87)60-78(64-82)92(73-44-13-4-14-45-73)88-55-29-37-68-33-23-26-52-85(68)88/h1-64H. The molecule has 0 aliphatic heterocycles. The monoisotopic (exact) mass is 1200 g/mol. The second kappa shape index (κ2) is 24.7. The van der Waals surface area contributed by atoms with Gasteiger partial charge in [-0.05, 0) is 163 Å². The van der Waals surface area contributed by atoms with Crippen LogP contribution in [0.2, 0.25) is 0 Å². The Kier molecular flexibility index (Phi) is 15.0. The van der Waals surface area contributed by atoms with Crippen LogP contribution in [0, 0.1) is 0 Å². The van der Waals surface area contributed by atoms with Crippen LogP contribution in [0.4, 0.5) is 68.2 Å². The fourth-order valence-electron chi connectivity index (χ4n) is 14.1. The van der Waals surface area contributed by atoms with Gasteiger partial charge in [-0.2, -0.15) is 0 Å². The first-order valence-electron chi connectivity index (χ1n) is 31.9. The molecule has 0 radical (unpaired) electrons. The zero-order valence-electron chi connectivity index (χ0n) is 51.2. The van der Waals surface area contributed by atoms with Crippen LogP contribution >= 0.6 is 0 Å². The quantitative estimate of drug-likeness (QED) is 0.0706. The third kappa shape index (κ3) is 10.5. The van der Waals surface area contributed by atoms with Gasteiger partial charge in [-0.3, -0.25) is 0 Å². The van der Waals surface area contributed by atoms with E-state index in [-0.39, 0.29) is 0 Å². The van der Waals surface area contributed by atoms with Crippen molar-refractivity contribution in [3.8, 4) is 0 Å². The Bertz CT molecular complexity index is 5110. The molecule has 0 aliphatic carbocycles. The predicted molar refractivity (Wildman–Crippen MR) is 399 cm³/mol. The molecular weight excluding hydrogens is 1140 g/mol. The number of benzene rings is 16. The highest BCUT2D eigenvalue weighted by Gasteiger charge is 2.44. The van der Waals surface area contributed by atoms with Crippen molar-refractivity contribution in [3.05, 3.63) is 388 Å². The Morgan fingerprint density at radius 1 is 0.151 bits per heavy atom. The summed E-state index contributed by atoms with van der Waals surface area (Å²) >= 11 is 0. The fraction of sp³-hybridized carbons (Fsp3) is 0. The summed E-state index contributed by atoms with van der Waals surface area (Å²) in [4.78, 5) is 9.95. The Morgan fingerprint density at radius 2 is 0.430 bits per heavy atom. The van der Waals surface area contributed by atoms with Gasteiger partial charge in [0.05, 0.1) is 17.1 Å². The molecule has 16 aromatic rings. The molecule has 0 saturated heterocycles. The number of fused-ring (bicyclic) bond motifs is 4. The van der Waals surface area contributed by atoms with E-state index in [9.17, 15) is 0 Å². The van der Waals surface area contributed by atoms with Crippen molar-refractivity contribution in [1.29, 1.82) is 0 Å². The van der Waals surface area contributed by atoms with E-state index in [4.69, 9.17) is 0 Å². The molecule has 0 N–H and O–H groups in total. The molecule has 0 aromatic heterocycles. The smallest absolute Gasteiger partial charge is 0.179 e. The van der Waals surface area contributed by atoms with Gasteiger partial charge in [0.2, 0.25) is 0 Å². The topological polar surface area (TPSA) is 13.0 Å². The molecule has 0 bridgehead atoms. The molecule has 4 nitrogen and oxygen atoms in total. The van der Waals surface area contributed by atoms with E-state index >= 15 is 0 Å². The van der Waals surface area contributed by atoms with Crippen LogP contribution < -0.4 is 40.3 Å². The SMILES string of the molecule is c1ccc(N(c2cc(N(c3ccccc3)c3cccc4ccccc34)cc([Si](c3ccccc3)(c3ccccc3)c3cc(N(c4ccccc4)c4cccc5ccccc45)cc(N(c4ccccc4)c4cccc5ccccc45)c3)c2)c2ccc3ccccc3c2)cc1. The molecule has 440 valence electrons. The summed E-state index contributed by atoms with van der Waals surface area (Å²) in [6.45, 7) is 0. The van der Waals surface area contributed by atoms with Gasteiger partial charge in [0.25, 0.3) is 0 Å². The van der Waals surface area contributed by atoms with E-state index in [1.165, 1.54) is 47.7 Å². The van der Waals surface area contributed by atoms with Crippen molar-refractivity contribution in [2.24, 2.45) is 0 Å². The zero-order chi connectivity index (χ0) is 61.9. The van der Waals surface area contributed by atoms with Gasteiger partial charge < -0.3 is 19.6 Å². The van der Waals surface area contributed by atoms with Crippen LogP contribution in [0.5, 0.6) is 0 Å². The highest BCUT2D eigenvalue weighted by atomic mass is 28.3. The number of hydrogen-bond donors (Lipinski definition) is 0. The van der Waals surface area contributed by atoms with Crippen molar-refractivity contribution < 1.29 is 0 Å². The first kappa shape index (κ1) is 56.2. The first-order chi connectivity index (χ1) is 46.1. The van der Waals surface area contributed by atoms with Gasteiger partial charge >= 0.3 is 0 Å². The maximum Gasteiger partial charge on any atom is 0.179 e. The second-order valence-electron chi connectivity index (χ2n) is 23.7. The number of anilines is 12. The van der Waals surface area contributed by atoms with E-state index in [0.717, 1.165) is 84.4 Å². The molecule has 0 fully saturated rings. The number of rotatable bonds is 16. The molecule has 0 saturated carbocycles. The lowest BCUT2D eigenvalue weighted by molar-refractivity contribution is 1.26. The van der Waals surface area contributed by atoms with E-state index in [2.05, 4.69) is 408 Å². The highest BCUT2D eigenvalue weighted by Crippen LogP contribution is 2.47. The summed E-state index contributed by atoms with van der Waals surface area (Å²) in [5.74, 6) is 0. The van der Waals surface area contributed by atoms with Crippen LogP contribution in [0.1, 0.15) is 0 Å². The van der Waals surface area contributed by atoms with Gasteiger partial charge in [-0.15, -0.1) is 0 Å². The van der Waals surface area contributed by atoms with Gasteiger partial charge in [0.15, 0.2) is 8.07 Å². The zero-order valence-corrected chi connectivity index (χ0v) is 52.2. The molecule has 5 heteroatoms. The van der Waals surface area contributed by atoms with Crippen LogP contribution in [0.25, 0.3) is 43.1 Å². The number of para-hydroxylation sites is 4. The highest BCUT2D eigenvalue weighted by molar-refractivity contribution is 7.20. The maximum absolute atomic E-state index is 3.73. The molecule has 16 rings (SSSR count). The van der Waals surface area contributed by atoms with Gasteiger partial charge in [0, 0.05) is 67.3 Å². The summed E-state index contributed by atoms with van der Waals surface area (Å²) < 4.78 is 0. The molecule has 0 unspecified atom stereocenters. The summed E-state index contributed by atoms with van der Waals surface area (Å²) in [7, 11) is -3.73. The molecule has 93 heavy (non-hydrogen) atoms. The Balaban J connectivity index is 1.09. The minimum absolute atomic E-state index is 1.02. The van der Waals surface area contributed by atoms with Crippen molar-refractivity contribution in [3.63, 3.8) is 0 Å². The van der Waals surface area contributed by atoms with Gasteiger partial charge in [-0.1, -0.05) is 273 Å². The van der Waals surface area contributed by atoms with Crippen LogP contribution in [-0.2, 0) is 0 Å². The predicted octanol–water partition coefficient (Wildman–Crippen LogP) is 21.6. The van der Waals surface area contributed by atoms with Crippen LogP contribution in [-0.4, -0.2) is 8.07 Å². The van der Waals surface area contributed by atoms with Crippen molar-refractivity contribution in [1.82, 2.24) is 0 Å². The summed E-state index contributed by atoms with van der Waals surface area (Å²) in [6, 6.07) is 144. The average molecular weight is 1210 g/mol. The van der Waals surface area contributed by atoms with E-state index in [1.807, 2.05) is 0 Å². The molecule has 0 aliphatic rings. The third-order valence-corrected chi connectivity index (χ3v) is 22.9. The molecule has 0 amide bonds. The Labute approximate surface area is 544 Å². The van der Waals surface area contributed by atoms with E-state index in [0.29, 0.717) is 0 Å². The van der Waals surface area contributed by atoms with E-state index in [1.54, 1.807) is 0 Å².